The van der Waals surface area contributed by atoms with Crippen molar-refractivity contribution in [3.63, 3.8) is 0 Å². The molecule has 11 nitrogen and oxygen atoms in total. The van der Waals surface area contributed by atoms with E-state index in [1.165, 1.54) is 6.33 Å². The number of pyridine rings is 1. The molecule has 0 aliphatic rings. The average molecular weight is 499 g/mol. The number of unbranched alkanes of at least 4 members (excludes halogenated alkanes) is 2. The van der Waals surface area contributed by atoms with Gasteiger partial charge in [0.05, 0.1) is 6.54 Å². The van der Waals surface area contributed by atoms with Gasteiger partial charge in [0.1, 0.15) is 6.33 Å². The second-order valence-corrected chi connectivity index (χ2v) is 8.95. The largest absolute Gasteiger partial charge is 0.335 e. The van der Waals surface area contributed by atoms with E-state index in [9.17, 15) is 4.79 Å². The highest BCUT2D eigenvalue weighted by Gasteiger charge is 2.18. The van der Waals surface area contributed by atoms with Crippen LogP contribution < -0.4 is 5.69 Å². The summed E-state index contributed by atoms with van der Waals surface area (Å²) in [5, 5.41) is 18.5. The van der Waals surface area contributed by atoms with E-state index < -0.39 is 0 Å². The zero-order valence-electron chi connectivity index (χ0n) is 21.1. The summed E-state index contributed by atoms with van der Waals surface area (Å²) in [5.74, 6) is 1.10. The second kappa shape index (κ2) is 11.1. The van der Waals surface area contributed by atoms with Crippen LogP contribution in [0.4, 0.5) is 0 Å². The number of benzene rings is 1. The van der Waals surface area contributed by atoms with Crippen LogP contribution in [0.2, 0.25) is 0 Å². The van der Waals surface area contributed by atoms with Crippen LogP contribution in [0.1, 0.15) is 50.8 Å². The van der Waals surface area contributed by atoms with Gasteiger partial charge in [0.2, 0.25) is 11.8 Å². The molecule has 0 saturated heterocycles. The molecule has 0 amide bonds. The van der Waals surface area contributed by atoms with Crippen LogP contribution in [0.3, 0.4) is 0 Å². The molecule has 1 aromatic carbocycles. The number of aromatic amines is 1. The number of nitrogens with zero attached hydrogens (tertiary/aromatic N) is 9. The van der Waals surface area contributed by atoms with Crippen LogP contribution in [-0.4, -0.2) is 49.5 Å². The third-order valence-electron chi connectivity index (χ3n) is 6.41. The molecule has 11 heteroatoms. The van der Waals surface area contributed by atoms with E-state index in [4.69, 9.17) is 0 Å². The summed E-state index contributed by atoms with van der Waals surface area (Å²) >= 11 is 0. The third kappa shape index (κ3) is 5.11. The minimum Gasteiger partial charge on any atom is -0.291 e. The van der Waals surface area contributed by atoms with Gasteiger partial charge in [0.25, 0.3) is 0 Å². The predicted octanol–water partition coefficient (Wildman–Crippen LogP) is 3.66. The smallest absolute Gasteiger partial charge is 0.291 e. The average Bonchev–Trinajstić information content (AvgIpc) is 3.69. The second-order valence-electron chi connectivity index (χ2n) is 8.95. The normalized spacial score (nSPS) is 11.3. The molecular weight excluding hydrogens is 468 g/mol. The SMILES string of the molecule is CCCCc1cn(-c2ncnn2CCCC)c(=O)n1Cc1cnccc1-c1ccc(-c2nn[nH]n2)cc1. The Kier molecular flexibility index (Phi) is 7.29. The molecule has 0 radical (unpaired) electrons. The summed E-state index contributed by atoms with van der Waals surface area (Å²) < 4.78 is 5.27. The fraction of sp³-hybridized carbons (Fsp3) is 0.346. The maximum absolute atomic E-state index is 13.7. The van der Waals surface area contributed by atoms with Crippen molar-refractivity contribution in [2.45, 2.75) is 59.0 Å². The summed E-state index contributed by atoms with van der Waals surface area (Å²) in [6.45, 7) is 5.41. The lowest BCUT2D eigenvalue weighted by Gasteiger charge is -2.12. The molecule has 0 saturated carbocycles. The Bertz CT molecular complexity index is 1500. The minimum atomic E-state index is -0.126. The minimum absolute atomic E-state index is 0.126. The van der Waals surface area contributed by atoms with Crippen LogP contribution in [0, 0.1) is 0 Å². The quantitative estimate of drug-likeness (QED) is 0.295. The molecule has 0 aliphatic carbocycles. The third-order valence-corrected chi connectivity index (χ3v) is 6.41. The molecule has 4 aromatic heterocycles. The van der Waals surface area contributed by atoms with Gasteiger partial charge in [-0.3, -0.25) is 9.55 Å². The van der Waals surface area contributed by atoms with E-state index >= 15 is 0 Å². The summed E-state index contributed by atoms with van der Waals surface area (Å²) in [4.78, 5) is 22.5. The van der Waals surface area contributed by atoms with Gasteiger partial charge in [-0.05, 0) is 47.2 Å². The van der Waals surface area contributed by atoms with Crippen molar-refractivity contribution < 1.29 is 0 Å². The molecule has 5 aromatic rings. The number of H-pyrrole nitrogens is 1. The van der Waals surface area contributed by atoms with E-state index in [0.29, 0.717) is 18.3 Å². The van der Waals surface area contributed by atoms with Gasteiger partial charge in [0.15, 0.2) is 0 Å². The molecule has 37 heavy (non-hydrogen) atoms. The van der Waals surface area contributed by atoms with Crippen LogP contribution in [0.15, 0.2) is 60.0 Å². The Balaban J connectivity index is 1.51. The predicted molar refractivity (Wildman–Crippen MR) is 139 cm³/mol. The lowest BCUT2D eigenvalue weighted by atomic mass is 10.00. The van der Waals surface area contributed by atoms with Crippen LogP contribution in [0.25, 0.3) is 28.5 Å². The van der Waals surface area contributed by atoms with Crippen molar-refractivity contribution in [1.82, 2.24) is 49.5 Å². The Morgan fingerprint density at radius 1 is 1.00 bits per heavy atom. The topological polar surface area (TPSA) is 125 Å². The molecule has 0 atom stereocenters. The van der Waals surface area contributed by atoms with Crippen molar-refractivity contribution in [2.75, 3.05) is 0 Å². The standard InChI is InChI=1S/C26H30N10O/c1-3-5-7-22-17-35(25-28-18-29-36(25)14-6-4-2)26(37)34(22)16-21-15-27-13-12-23(21)19-8-10-20(11-9-19)24-30-32-33-31-24/h8-13,15,17-18H,3-7,14,16H2,1-2H3,(H,30,31,32,33). The molecular formula is C26H30N10O. The van der Waals surface area contributed by atoms with E-state index in [1.807, 2.05) is 47.3 Å². The first-order valence-electron chi connectivity index (χ1n) is 12.7. The number of hydrogen-bond acceptors (Lipinski definition) is 7. The zero-order chi connectivity index (χ0) is 25.6. The molecule has 4 heterocycles. The van der Waals surface area contributed by atoms with Crippen molar-refractivity contribution >= 4 is 0 Å². The van der Waals surface area contributed by atoms with Crippen molar-refractivity contribution in [3.8, 4) is 28.5 Å². The van der Waals surface area contributed by atoms with E-state index in [0.717, 1.165) is 66.6 Å². The maximum Gasteiger partial charge on any atom is 0.335 e. The lowest BCUT2D eigenvalue weighted by Crippen LogP contribution is -2.27. The first kappa shape index (κ1) is 24.3. The number of aromatic nitrogens is 10. The van der Waals surface area contributed by atoms with Gasteiger partial charge in [0, 0.05) is 36.4 Å². The number of tetrazole rings is 1. The Labute approximate surface area is 214 Å². The van der Waals surface area contributed by atoms with Gasteiger partial charge < -0.3 is 0 Å². The first-order valence-corrected chi connectivity index (χ1v) is 12.7. The van der Waals surface area contributed by atoms with E-state index in [-0.39, 0.29) is 5.69 Å². The molecule has 0 fully saturated rings. The molecule has 190 valence electrons. The highest BCUT2D eigenvalue weighted by Crippen LogP contribution is 2.26. The number of nitrogens with one attached hydrogen (secondary N) is 1. The number of hydrogen-bond donors (Lipinski definition) is 1. The van der Waals surface area contributed by atoms with Gasteiger partial charge in [-0.15, -0.1) is 10.2 Å². The molecule has 1 N–H and O–H groups in total. The summed E-state index contributed by atoms with van der Waals surface area (Å²) in [6.07, 6.45) is 11.9. The van der Waals surface area contributed by atoms with Crippen molar-refractivity contribution in [3.05, 3.63) is 77.0 Å². The molecule has 0 aliphatic heterocycles. The van der Waals surface area contributed by atoms with Gasteiger partial charge >= 0.3 is 5.69 Å². The number of rotatable bonds is 11. The van der Waals surface area contributed by atoms with E-state index in [2.05, 4.69) is 49.5 Å². The number of imidazole rings is 1. The molecule has 5 rings (SSSR count). The zero-order valence-corrected chi connectivity index (χ0v) is 21.1. The van der Waals surface area contributed by atoms with Crippen LogP contribution in [-0.2, 0) is 19.5 Å². The Hall–Kier alpha value is -4.41. The highest BCUT2D eigenvalue weighted by molar-refractivity contribution is 5.69. The molecule has 0 unspecified atom stereocenters. The van der Waals surface area contributed by atoms with Crippen molar-refractivity contribution in [2.24, 2.45) is 0 Å². The van der Waals surface area contributed by atoms with Gasteiger partial charge in [-0.2, -0.15) is 15.3 Å². The lowest BCUT2D eigenvalue weighted by molar-refractivity contribution is 0.553. The molecule has 0 bridgehead atoms. The van der Waals surface area contributed by atoms with E-state index in [1.54, 1.807) is 15.4 Å². The maximum atomic E-state index is 13.7. The summed E-state index contributed by atoms with van der Waals surface area (Å²) in [5.41, 5.74) is 4.71. The summed E-state index contributed by atoms with van der Waals surface area (Å²) in [6, 6.07) is 9.94. The van der Waals surface area contributed by atoms with Crippen LogP contribution >= 0.6 is 0 Å². The number of aryl methyl sites for hydroxylation is 2. The fourth-order valence-electron chi connectivity index (χ4n) is 4.40. The molecule has 0 spiro atoms. The fourth-order valence-corrected chi connectivity index (χ4v) is 4.40. The van der Waals surface area contributed by atoms with Gasteiger partial charge in [-0.1, -0.05) is 51.0 Å². The summed E-state index contributed by atoms with van der Waals surface area (Å²) in [7, 11) is 0. The Morgan fingerprint density at radius 3 is 2.57 bits per heavy atom. The van der Waals surface area contributed by atoms with Crippen LogP contribution in [0.5, 0.6) is 0 Å². The first-order chi connectivity index (χ1) is 18.2. The van der Waals surface area contributed by atoms with Crippen molar-refractivity contribution in [1.29, 1.82) is 0 Å². The highest BCUT2D eigenvalue weighted by atomic mass is 16.2. The Morgan fingerprint density at radius 2 is 1.81 bits per heavy atom. The van der Waals surface area contributed by atoms with Gasteiger partial charge in [-0.25, -0.2) is 14.0 Å². The monoisotopic (exact) mass is 498 g/mol.